The van der Waals surface area contributed by atoms with Crippen LogP contribution in [-0.2, 0) is 0 Å². The molecule has 0 aliphatic rings. The van der Waals surface area contributed by atoms with Crippen LogP contribution in [-0.4, -0.2) is 18.8 Å². The Bertz CT molecular complexity index is 871. The predicted octanol–water partition coefficient (Wildman–Crippen LogP) is 5.54. The number of benzene rings is 3. The van der Waals surface area contributed by atoms with E-state index in [1.165, 1.54) is 12.1 Å². The smallest absolute Gasteiger partial charge is 0.406 e. The Labute approximate surface area is 167 Å². The maximum absolute atomic E-state index is 12.3. The highest BCUT2D eigenvalue weighted by Crippen LogP contribution is 2.27. The lowest BCUT2D eigenvalue weighted by molar-refractivity contribution is -0.274. The van der Waals surface area contributed by atoms with Gasteiger partial charge >= 0.3 is 6.36 Å². The average molecular weight is 399 g/mol. The molecule has 0 radical (unpaired) electrons. The second kappa shape index (κ2) is 9.28. The molecule has 0 aliphatic heterocycles. The molecule has 0 saturated heterocycles. The van der Waals surface area contributed by atoms with E-state index in [2.05, 4.69) is 34.3 Å². The molecule has 3 aromatic rings. The molecule has 0 saturated carbocycles. The second-order valence-electron chi connectivity index (χ2n) is 6.49. The van der Waals surface area contributed by atoms with E-state index in [9.17, 15) is 18.0 Å². The Morgan fingerprint density at radius 1 is 0.828 bits per heavy atom. The maximum atomic E-state index is 12.3. The summed E-state index contributed by atoms with van der Waals surface area (Å²) in [6, 6.07) is 24.9. The summed E-state index contributed by atoms with van der Waals surface area (Å²) >= 11 is 0. The number of ether oxygens (including phenoxy) is 1. The van der Waals surface area contributed by atoms with Gasteiger partial charge in [-0.2, -0.15) is 0 Å². The van der Waals surface area contributed by atoms with Gasteiger partial charge in [0.1, 0.15) is 5.75 Å². The van der Waals surface area contributed by atoms with Crippen molar-refractivity contribution in [3.05, 3.63) is 102 Å². The zero-order valence-corrected chi connectivity index (χ0v) is 15.5. The molecule has 6 heteroatoms. The third kappa shape index (κ3) is 6.10. The lowest BCUT2D eigenvalue weighted by atomic mass is 9.88. The van der Waals surface area contributed by atoms with Crippen molar-refractivity contribution in [2.24, 2.45) is 0 Å². The van der Waals surface area contributed by atoms with Crippen LogP contribution in [0.3, 0.4) is 0 Å². The summed E-state index contributed by atoms with van der Waals surface area (Å²) in [5.41, 5.74) is 2.58. The molecule has 3 nitrogen and oxygen atoms in total. The highest BCUT2D eigenvalue weighted by Gasteiger charge is 2.31. The molecule has 0 aromatic heterocycles. The van der Waals surface area contributed by atoms with Crippen molar-refractivity contribution in [3.63, 3.8) is 0 Å². The minimum Gasteiger partial charge on any atom is -0.406 e. The fourth-order valence-electron chi connectivity index (χ4n) is 3.14. The molecule has 0 unspecified atom stereocenters. The summed E-state index contributed by atoms with van der Waals surface area (Å²) in [6.07, 6.45) is -4.07. The second-order valence-corrected chi connectivity index (χ2v) is 6.49. The van der Waals surface area contributed by atoms with Crippen molar-refractivity contribution in [2.75, 3.05) is 6.54 Å². The standard InChI is InChI=1S/C23H20F3NO2/c24-23(25,26)29-20-13-11-19(12-14-20)22(28)27-16-15-21(17-7-3-1-4-8-17)18-9-5-2-6-10-18/h1-14,21H,15-16H2,(H,27,28). The lowest BCUT2D eigenvalue weighted by Crippen LogP contribution is -2.26. The molecule has 3 rings (SSSR count). The first-order valence-corrected chi connectivity index (χ1v) is 9.16. The van der Waals surface area contributed by atoms with Crippen molar-refractivity contribution in [1.29, 1.82) is 0 Å². The van der Waals surface area contributed by atoms with Crippen LogP contribution in [0.25, 0.3) is 0 Å². The maximum Gasteiger partial charge on any atom is 0.573 e. The fraction of sp³-hybridized carbons (Fsp3) is 0.174. The van der Waals surface area contributed by atoms with E-state index in [1.807, 2.05) is 36.4 Å². The molecule has 3 aromatic carbocycles. The van der Waals surface area contributed by atoms with Crippen LogP contribution in [0.15, 0.2) is 84.9 Å². The summed E-state index contributed by atoms with van der Waals surface area (Å²) in [5.74, 6) is -0.578. The summed E-state index contributed by atoms with van der Waals surface area (Å²) in [7, 11) is 0. The van der Waals surface area contributed by atoms with Crippen LogP contribution in [0.4, 0.5) is 13.2 Å². The quantitative estimate of drug-likeness (QED) is 0.567. The number of amides is 1. The first-order chi connectivity index (χ1) is 13.9. The van der Waals surface area contributed by atoms with Gasteiger partial charge in [0.2, 0.25) is 0 Å². The number of halogens is 3. The van der Waals surface area contributed by atoms with E-state index in [1.54, 1.807) is 0 Å². The molecule has 150 valence electrons. The van der Waals surface area contributed by atoms with Crippen molar-refractivity contribution in [1.82, 2.24) is 5.32 Å². The topological polar surface area (TPSA) is 38.3 Å². The SMILES string of the molecule is O=C(NCCC(c1ccccc1)c1ccccc1)c1ccc(OC(F)(F)F)cc1. The van der Waals surface area contributed by atoms with Crippen LogP contribution in [0.5, 0.6) is 5.75 Å². The molecule has 0 spiro atoms. The molecule has 1 N–H and O–H groups in total. The Kier molecular flexibility index (Phi) is 6.54. The van der Waals surface area contributed by atoms with Crippen molar-refractivity contribution in [3.8, 4) is 5.75 Å². The van der Waals surface area contributed by atoms with Gasteiger partial charge in [0.15, 0.2) is 0 Å². The monoisotopic (exact) mass is 399 g/mol. The number of carbonyl (C=O) groups excluding carboxylic acids is 1. The molecule has 0 bridgehead atoms. The molecule has 0 atom stereocenters. The highest BCUT2D eigenvalue weighted by molar-refractivity contribution is 5.94. The number of alkyl halides is 3. The molecule has 0 aliphatic carbocycles. The number of rotatable bonds is 7. The average Bonchev–Trinajstić information content (AvgIpc) is 2.72. The Balaban J connectivity index is 1.61. The van der Waals surface area contributed by atoms with Gasteiger partial charge in [-0.25, -0.2) is 0 Å². The van der Waals surface area contributed by atoms with Crippen molar-refractivity contribution in [2.45, 2.75) is 18.7 Å². The largest absolute Gasteiger partial charge is 0.573 e. The predicted molar refractivity (Wildman–Crippen MR) is 105 cm³/mol. The Morgan fingerprint density at radius 2 is 1.34 bits per heavy atom. The van der Waals surface area contributed by atoms with E-state index in [4.69, 9.17) is 0 Å². The van der Waals surface area contributed by atoms with Crippen LogP contribution >= 0.6 is 0 Å². The van der Waals surface area contributed by atoms with Crippen LogP contribution in [0, 0.1) is 0 Å². The van der Waals surface area contributed by atoms with Crippen LogP contribution in [0.1, 0.15) is 33.8 Å². The Morgan fingerprint density at radius 3 is 1.83 bits per heavy atom. The Hall–Kier alpha value is -3.28. The van der Waals surface area contributed by atoms with E-state index >= 15 is 0 Å². The third-order valence-corrected chi connectivity index (χ3v) is 4.47. The molecule has 29 heavy (non-hydrogen) atoms. The highest BCUT2D eigenvalue weighted by atomic mass is 19.4. The molecular formula is C23H20F3NO2. The summed E-state index contributed by atoms with van der Waals surface area (Å²) in [6.45, 7) is 0.425. The zero-order valence-electron chi connectivity index (χ0n) is 15.5. The third-order valence-electron chi connectivity index (χ3n) is 4.47. The summed E-state index contributed by atoms with van der Waals surface area (Å²) < 4.78 is 40.5. The number of carbonyl (C=O) groups is 1. The molecule has 1 amide bonds. The molecule has 0 heterocycles. The zero-order chi connectivity index (χ0) is 20.7. The van der Waals surface area contributed by atoms with Gasteiger partial charge in [-0.3, -0.25) is 4.79 Å². The van der Waals surface area contributed by atoms with Gasteiger partial charge in [0.05, 0.1) is 0 Å². The molecule has 0 fully saturated rings. The van der Waals surface area contributed by atoms with Crippen molar-refractivity contribution >= 4 is 5.91 Å². The van der Waals surface area contributed by atoms with E-state index in [0.29, 0.717) is 13.0 Å². The van der Waals surface area contributed by atoms with Gasteiger partial charge in [-0.15, -0.1) is 13.2 Å². The van der Waals surface area contributed by atoms with Gasteiger partial charge in [-0.1, -0.05) is 60.7 Å². The van der Waals surface area contributed by atoms with E-state index in [0.717, 1.165) is 23.3 Å². The lowest BCUT2D eigenvalue weighted by Gasteiger charge is -2.18. The van der Waals surface area contributed by atoms with Gasteiger partial charge in [-0.05, 0) is 41.8 Å². The number of hydrogen-bond acceptors (Lipinski definition) is 2. The van der Waals surface area contributed by atoms with Crippen LogP contribution < -0.4 is 10.1 Å². The van der Waals surface area contributed by atoms with E-state index in [-0.39, 0.29) is 23.1 Å². The minimum absolute atomic E-state index is 0.125. The first-order valence-electron chi connectivity index (χ1n) is 9.16. The van der Waals surface area contributed by atoms with Crippen molar-refractivity contribution < 1.29 is 22.7 Å². The van der Waals surface area contributed by atoms with Crippen LogP contribution in [0.2, 0.25) is 0 Å². The van der Waals surface area contributed by atoms with Gasteiger partial charge < -0.3 is 10.1 Å². The molecular weight excluding hydrogens is 379 g/mol. The fourth-order valence-corrected chi connectivity index (χ4v) is 3.14. The number of hydrogen-bond donors (Lipinski definition) is 1. The minimum atomic E-state index is -4.76. The number of nitrogens with one attached hydrogen (secondary N) is 1. The van der Waals surface area contributed by atoms with E-state index < -0.39 is 6.36 Å². The van der Waals surface area contributed by atoms with Gasteiger partial charge in [0, 0.05) is 18.0 Å². The first kappa shape index (κ1) is 20.5. The summed E-state index contributed by atoms with van der Waals surface area (Å²) in [4.78, 5) is 12.3. The summed E-state index contributed by atoms with van der Waals surface area (Å²) in [5, 5.41) is 2.83. The normalized spacial score (nSPS) is 11.3. The van der Waals surface area contributed by atoms with Gasteiger partial charge in [0.25, 0.3) is 5.91 Å².